The van der Waals surface area contributed by atoms with E-state index in [1.165, 1.54) is 4.70 Å². The van der Waals surface area contributed by atoms with Gasteiger partial charge in [0, 0.05) is 38.3 Å². The van der Waals surface area contributed by atoms with E-state index >= 15 is 0 Å². The van der Waals surface area contributed by atoms with Crippen molar-refractivity contribution in [3.05, 3.63) is 29.3 Å². The number of hydrogen-bond donors (Lipinski definition) is 0. The Morgan fingerprint density at radius 3 is 2.58 bits per heavy atom. The lowest BCUT2D eigenvalue weighted by atomic mass is 10.1. The van der Waals surface area contributed by atoms with Crippen LogP contribution >= 0.6 is 11.3 Å². The number of benzene rings is 1. The van der Waals surface area contributed by atoms with E-state index in [0.717, 1.165) is 49.7 Å². The van der Waals surface area contributed by atoms with E-state index in [-0.39, 0.29) is 29.5 Å². The van der Waals surface area contributed by atoms with Crippen LogP contribution in [0.25, 0.3) is 10.2 Å². The van der Waals surface area contributed by atoms with Gasteiger partial charge in [-0.3, -0.25) is 14.6 Å². The lowest BCUT2D eigenvalue weighted by Crippen LogP contribution is -2.53. The van der Waals surface area contributed by atoms with Gasteiger partial charge in [0.2, 0.25) is 5.91 Å². The summed E-state index contributed by atoms with van der Waals surface area (Å²) in [6.45, 7) is 8.79. The van der Waals surface area contributed by atoms with Gasteiger partial charge in [-0.15, -0.1) is 11.3 Å². The molecular weight excluding hydrogens is 432 g/mol. The maximum atomic E-state index is 13.1. The number of carbonyl (C=O) groups is 1. The van der Waals surface area contributed by atoms with E-state index < -0.39 is 9.84 Å². The minimum Gasteiger partial charge on any atom is -0.335 e. The third kappa shape index (κ3) is 5.45. The molecule has 170 valence electrons. The zero-order valence-corrected chi connectivity index (χ0v) is 20.0. The van der Waals surface area contributed by atoms with Crippen molar-refractivity contribution < 1.29 is 13.2 Å². The third-order valence-electron chi connectivity index (χ3n) is 6.48. The van der Waals surface area contributed by atoms with Gasteiger partial charge in [-0.05, 0) is 31.9 Å². The van der Waals surface area contributed by atoms with Gasteiger partial charge >= 0.3 is 0 Å². The summed E-state index contributed by atoms with van der Waals surface area (Å²) in [4.78, 5) is 24.3. The number of carbonyl (C=O) groups excluding carboxylic acids is 1. The molecule has 2 fully saturated rings. The fourth-order valence-electron chi connectivity index (χ4n) is 4.56. The Morgan fingerprint density at radius 2 is 1.94 bits per heavy atom. The van der Waals surface area contributed by atoms with Gasteiger partial charge in [-0.1, -0.05) is 19.1 Å². The molecular formula is C22H32N4O3S2. The number of aromatic nitrogens is 1. The molecule has 4 rings (SSSR count). The summed E-state index contributed by atoms with van der Waals surface area (Å²) in [7, 11) is -3.01. The number of para-hydroxylation sites is 1. The molecule has 0 unspecified atom stereocenters. The van der Waals surface area contributed by atoms with Crippen LogP contribution < -0.4 is 0 Å². The Balaban J connectivity index is 1.31. The second-order valence-electron chi connectivity index (χ2n) is 8.74. The topological polar surface area (TPSA) is 73.8 Å². The molecule has 2 aliphatic heterocycles. The zero-order chi connectivity index (χ0) is 22.0. The molecule has 2 aromatic rings. The standard InChI is InChI=1S/C22H32N4O3S2/c1-3-17(2)26(18-8-13-31(28,29)16-18)22(27)15-25-11-9-24(10-12-25)14-21-23-19-6-4-5-7-20(19)30-21/h4-7,17-18H,3,8-16H2,1-2H3/t17-,18+/m1/s1. The second kappa shape index (κ2) is 9.52. The summed E-state index contributed by atoms with van der Waals surface area (Å²) in [6, 6.07) is 8.12. The van der Waals surface area contributed by atoms with Crippen molar-refractivity contribution in [3.63, 3.8) is 0 Å². The zero-order valence-electron chi connectivity index (χ0n) is 18.4. The van der Waals surface area contributed by atoms with Gasteiger partial charge in [0.15, 0.2) is 9.84 Å². The maximum absolute atomic E-state index is 13.1. The van der Waals surface area contributed by atoms with E-state index in [2.05, 4.69) is 28.9 Å². The minimum atomic E-state index is -3.01. The number of nitrogens with zero attached hydrogens (tertiary/aromatic N) is 4. The van der Waals surface area contributed by atoms with E-state index in [9.17, 15) is 13.2 Å². The van der Waals surface area contributed by atoms with Crippen molar-refractivity contribution in [2.24, 2.45) is 0 Å². The fourth-order valence-corrected chi connectivity index (χ4v) is 7.28. The summed E-state index contributed by atoms with van der Waals surface area (Å²) in [6.07, 6.45) is 1.40. The van der Waals surface area contributed by atoms with Crippen molar-refractivity contribution in [2.45, 2.75) is 45.3 Å². The summed E-state index contributed by atoms with van der Waals surface area (Å²) in [5.41, 5.74) is 1.06. The van der Waals surface area contributed by atoms with E-state index in [1.807, 2.05) is 24.0 Å². The van der Waals surface area contributed by atoms with Crippen molar-refractivity contribution in [1.29, 1.82) is 0 Å². The van der Waals surface area contributed by atoms with E-state index in [4.69, 9.17) is 4.98 Å². The van der Waals surface area contributed by atoms with Crippen molar-refractivity contribution in [3.8, 4) is 0 Å². The lowest BCUT2D eigenvalue weighted by Gasteiger charge is -2.38. The Bertz CT molecular complexity index is 982. The van der Waals surface area contributed by atoms with Gasteiger partial charge in [0.25, 0.3) is 0 Å². The largest absolute Gasteiger partial charge is 0.335 e. The average Bonchev–Trinajstić information content (AvgIpc) is 3.31. The van der Waals surface area contributed by atoms with Gasteiger partial charge in [-0.2, -0.15) is 0 Å². The first kappa shape index (κ1) is 22.6. The number of piperazine rings is 1. The molecule has 1 aromatic heterocycles. The predicted molar refractivity (Wildman–Crippen MR) is 125 cm³/mol. The quantitative estimate of drug-likeness (QED) is 0.626. The average molecular weight is 465 g/mol. The predicted octanol–water partition coefficient (Wildman–Crippen LogP) is 2.23. The number of rotatable bonds is 7. The van der Waals surface area contributed by atoms with Gasteiger partial charge in [0.1, 0.15) is 5.01 Å². The molecule has 1 amide bonds. The first-order chi connectivity index (χ1) is 14.8. The molecule has 0 N–H and O–H groups in total. The smallest absolute Gasteiger partial charge is 0.237 e. The number of sulfone groups is 1. The Hall–Kier alpha value is -1.55. The number of thiazole rings is 1. The van der Waals surface area contributed by atoms with Crippen LogP contribution in [0.15, 0.2) is 24.3 Å². The van der Waals surface area contributed by atoms with Crippen LogP contribution in [0.1, 0.15) is 31.7 Å². The Kier molecular flexibility index (Phi) is 6.95. The third-order valence-corrected chi connectivity index (χ3v) is 9.25. The molecule has 0 bridgehead atoms. The summed E-state index contributed by atoms with van der Waals surface area (Å²) >= 11 is 1.75. The van der Waals surface area contributed by atoms with Crippen LogP contribution in [0.3, 0.4) is 0 Å². The molecule has 0 spiro atoms. The molecule has 1 aromatic carbocycles. The van der Waals surface area contributed by atoms with Crippen molar-refractivity contribution in [1.82, 2.24) is 19.7 Å². The molecule has 0 aliphatic carbocycles. The fraction of sp³-hybridized carbons (Fsp3) is 0.636. The molecule has 2 atom stereocenters. The first-order valence-electron chi connectivity index (χ1n) is 11.2. The lowest BCUT2D eigenvalue weighted by molar-refractivity contribution is -0.137. The molecule has 0 saturated carbocycles. The highest BCUT2D eigenvalue weighted by Crippen LogP contribution is 2.24. The van der Waals surface area contributed by atoms with E-state index in [0.29, 0.717) is 13.0 Å². The highest BCUT2D eigenvalue weighted by atomic mass is 32.2. The van der Waals surface area contributed by atoms with Gasteiger partial charge in [0.05, 0.1) is 34.8 Å². The van der Waals surface area contributed by atoms with Crippen molar-refractivity contribution in [2.75, 3.05) is 44.2 Å². The molecule has 2 aliphatic rings. The molecule has 3 heterocycles. The minimum absolute atomic E-state index is 0.0612. The van der Waals surface area contributed by atoms with E-state index in [1.54, 1.807) is 11.3 Å². The normalized spacial score (nSPS) is 23.2. The van der Waals surface area contributed by atoms with Crippen LogP contribution in [-0.2, 0) is 21.2 Å². The SMILES string of the molecule is CC[C@@H](C)N(C(=O)CN1CCN(Cc2nc3ccccc3s2)CC1)[C@H]1CCS(=O)(=O)C1. The molecule has 7 nitrogen and oxygen atoms in total. The van der Waals surface area contributed by atoms with Crippen molar-refractivity contribution >= 4 is 37.3 Å². The van der Waals surface area contributed by atoms with Crippen LogP contribution in [0.4, 0.5) is 0 Å². The number of amides is 1. The Labute approximate surface area is 189 Å². The van der Waals surface area contributed by atoms with Crippen LogP contribution in [0.2, 0.25) is 0 Å². The van der Waals surface area contributed by atoms with Crippen LogP contribution in [0, 0.1) is 0 Å². The monoisotopic (exact) mass is 464 g/mol. The summed E-state index contributed by atoms with van der Waals surface area (Å²) in [5.74, 6) is 0.373. The molecule has 31 heavy (non-hydrogen) atoms. The molecule has 0 radical (unpaired) electrons. The second-order valence-corrected chi connectivity index (χ2v) is 12.1. The van der Waals surface area contributed by atoms with Gasteiger partial charge < -0.3 is 4.90 Å². The maximum Gasteiger partial charge on any atom is 0.237 e. The summed E-state index contributed by atoms with van der Waals surface area (Å²) < 4.78 is 25.1. The van der Waals surface area contributed by atoms with Crippen LogP contribution in [0.5, 0.6) is 0 Å². The van der Waals surface area contributed by atoms with Gasteiger partial charge in [-0.25, -0.2) is 13.4 Å². The molecule has 9 heteroatoms. The number of fused-ring (bicyclic) bond motifs is 1. The highest BCUT2D eigenvalue weighted by Gasteiger charge is 2.37. The Morgan fingerprint density at radius 1 is 1.23 bits per heavy atom. The van der Waals surface area contributed by atoms with Crippen LogP contribution in [-0.4, -0.2) is 90.3 Å². The molecule has 2 saturated heterocycles. The first-order valence-corrected chi connectivity index (χ1v) is 13.8. The highest BCUT2D eigenvalue weighted by molar-refractivity contribution is 7.91. The summed E-state index contributed by atoms with van der Waals surface area (Å²) in [5, 5.41) is 1.14. The number of hydrogen-bond acceptors (Lipinski definition) is 7.